The van der Waals surface area contributed by atoms with Gasteiger partial charge in [0.05, 0.1) is 5.41 Å². The number of ether oxygens (including phenoxy) is 1. The molecule has 1 N–H and O–H groups in total. The molecular formula is C14H12O5. The molecule has 0 radical (unpaired) electrons. The smallest absolute Gasteiger partial charge is 0.317 e. The van der Waals surface area contributed by atoms with E-state index in [0.717, 1.165) is 0 Å². The van der Waals surface area contributed by atoms with Gasteiger partial charge in [0.1, 0.15) is 0 Å². The van der Waals surface area contributed by atoms with Gasteiger partial charge in [0, 0.05) is 18.4 Å². The van der Waals surface area contributed by atoms with Gasteiger partial charge in [-0.05, 0) is 12.0 Å². The lowest BCUT2D eigenvalue weighted by Crippen LogP contribution is -2.37. The quantitative estimate of drug-likeness (QED) is 0.828. The Hall–Kier alpha value is -2.17. The number of carboxylic acid groups (broad SMARTS) is 1. The van der Waals surface area contributed by atoms with Crippen LogP contribution in [0.4, 0.5) is 0 Å². The Bertz CT molecular complexity index is 591. The van der Waals surface area contributed by atoms with Crippen LogP contribution in [0.5, 0.6) is 0 Å². The molecule has 98 valence electrons. The number of ketones is 1. The number of fused-ring (bicyclic) bond motifs is 4. The highest BCUT2D eigenvalue weighted by Crippen LogP contribution is 2.47. The minimum absolute atomic E-state index is 0.121. The van der Waals surface area contributed by atoms with Crippen LogP contribution in [0.2, 0.25) is 0 Å². The molecule has 5 heteroatoms. The molecular weight excluding hydrogens is 248 g/mol. The molecule has 19 heavy (non-hydrogen) atoms. The summed E-state index contributed by atoms with van der Waals surface area (Å²) in [6.07, 6.45) is -0.447. The highest BCUT2D eigenvalue weighted by molar-refractivity contribution is 6.08. The third-order valence-corrected chi connectivity index (χ3v) is 3.94. The van der Waals surface area contributed by atoms with Gasteiger partial charge in [0.25, 0.3) is 0 Å². The number of carbonyl (C=O) groups is 3. The third kappa shape index (κ3) is 1.58. The van der Waals surface area contributed by atoms with Crippen molar-refractivity contribution in [2.24, 2.45) is 0 Å². The fourth-order valence-electron chi connectivity index (χ4n) is 3.00. The summed E-state index contributed by atoms with van der Waals surface area (Å²) in [5.74, 6) is -1.62. The molecule has 0 aromatic heterocycles. The van der Waals surface area contributed by atoms with Crippen LogP contribution in [0.25, 0.3) is 0 Å². The molecule has 1 heterocycles. The summed E-state index contributed by atoms with van der Waals surface area (Å²) in [5, 5.41) is 8.83. The number of benzene rings is 1. The van der Waals surface area contributed by atoms with Gasteiger partial charge in [-0.1, -0.05) is 24.3 Å². The predicted molar refractivity (Wildman–Crippen MR) is 63.8 cm³/mol. The second-order valence-electron chi connectivity index (χ2n) is 4.98. The number of carbonyl (C=O) groups excluding carboxylic acids is 2. The van der Waals surface area contributed by atoms with Crippen LogP contribution in [0.1, 0.15) is 35.2 Å². The molecule has 1 aliphatic heterocycles. The van der Waals surface area contributed by atoms with E-state index >= 15 is 0 Å². The van der Waals surface area contributed by atoms with E-state index in [9.17, 15) is 14.4 Å². The van der Waals surface area contributed by atoms with Crippen LogP contribution in [0, 0.1) is 0 Å². The van der Waals surface area contributed by atoms with Gasteiger partial charge >= 0.3 is 11.9 Å². The Morgan fingerprint density at radius 3 is 2.84 bits per heavy atom. The Kier molecular flexibility index (Phi) is 2.45. The molecule has 1 saturated heterocycles. The number of Topliss-reactive ketones (excluding diaryl/α,β-unsaturated/α-hetero) is 1. The standard InChI is InChI=1S/C14H12O5/c15-11(16)5-6-14-7-10(19-13(14)18)12(17)8-3-1-2-4-9(8)14/h1-4,10H,5-7H2,(H,15,16). The summed E-state index contributed by atoms with van der Waals surface area (Å²) in [6, 6.07) is 6.87. The molecule has 1 fully saturated rings. The van der Waals surface area contributed by atoms with Crippen LogP contribution >= 0.6 is 0 Å². The predicted octanol–water partition coefficient (Wildman–Crippen LogP) is 1.30. The van der Waals surface area contributed by atoms with E-state index < -0.39 is 23.5 Å². The first-order valence-electron chi connectivity index (χ1n) is 6.11. The highest BCUT2D eigenvalue weighted by atomic mass is 16.6. The maximum atomic E-state index is 12.1. The Morgan fingerprint density at radius 2 is 2.11 bits per heavy atom. The van der Waals surface area contributed by atoms with Crippen molar-refractivity contribution in [3.8, 4) is 0 Å². The summed E-state index contributed by atoms with van der Waals surface area (Å²) in [7, 11) is 0. The Morgan fingerprint density at radius 1 is 1.37 bits per heavy atom. The van der Waals surface area contributed by atoms with Crippen LogP contribution < -0.4 is 0 Å². The van der Waals surface area contributed by atoms with E-state index in [1.54, 1.807) is 24.3 Å². The zero-order valence-corrected chi connectivity index (χ0v) is 10.1. The fourth-order valence-corrected chi connectivity index (χ4v) is 3.00. The average molecular weight is 260 g/mol. The van der Waals surface area contributed by atoms with Crippen molar-refractivity contribution in [1.82, 2.24) is 0 Å². The summed E-state index contributed by atoms with van der Waals surface area (Å²) in [6.45, 7) is 0. The Labute approximate surface area is 109 Å². The van der Waals surface area contributed by atoms with Crippen molar-refractivity contribution in [2.75, 3.05) is 0 Å². The molecule has 5 nitrogen and oxygen atoms in total. The lowest BCUT2D eigenvalue weighted by atomic mass is 9.68. The van der Waals surface area contributed by atoms with E-state index in [2.05, 4.69) is 0 Å². The minimum Gasteiger partial charge on any atom is -0.481 e. The van der Waals surface area contributed by atoms with Crippen molar-refractivity contribution in [3.63, 3.8) is 0 Å². The van der Waals surface area contributed by atoms with Crippen molar-refractivity contribution in [3.05, 3.63) is 35.4 Å². The van der Waals surface area contributed by atoms with Crippen molar-refractivity contribution >= 4 is 17.7 Å². The molecule has 1 aromatic carbocycles. The summed E-state index contributed by atoms with van der Waals surface area (Å²) in [5.41, 5.74) is 0.128. The minimum atomic E-state index is -0.965. The molecule has 2 bridgehead atoms. The lowest BCUT2D eigenvalue weighted by molar-refractivity contribution is -0.145. The number of hydrogen-bond acceptors (Lipinski definition) is 4. The number of rotatable bonds is 3. The largest absolute Gasteiger partial charge is 0.481 e. The maximum Gasteiger partial charge on any atom is 0.317 e. The highest BCUT2D eigenvalue weighted by Gasteiger charge is 2.57. The Balaban J connectivity index is 2.11. The van der Waals surface area contributed by atoms with Crippen LogP contribution in [-0.4, -0.2) is 28.9 Å². The maximum absolute atomic E-state index is 12.1. The van der Waals surface area contributed by atoms with Gasteiger partial charge in [-0.3, -0.25) is 14.4 Å². The molecule has 0 saturated carbocycles. The summed E-state index contributed by atoms with van der Waals surface area (Å²) < 4.78 is 5.13. The van der Waals surface area contributed by atoms with Gasteiger partial charge in [-0.2, -0.15) is 0 Å². The molecule has 3 rings (SSSR count). The van der Waals surface area contributed by atoms with Gasteiger partial charge in [-0.25, -0.2) is 0 Å². The zero-order chi connectivity index (χ0) is 13.6. The molecule has 1 aliphatic carbocycles. The van der Waals surface area contributed by atoms with Crippen molar-refractivity contribution in [1.29, 1.82) is 0 Å². The first-order valence-corrected chi connectivity index (χ1v) is 6.11. The molecule has 2 atom stereocenters. The van der Waals surface area contributed by atoms with Crippen LogP contribution in [0.15, 0.2) is 24.3 Å². The van der Waals surface area contributed by atoms with Crippen LogP contribution in [-0.2, 0) is 19.7 Å². The third-order valence-electron chi connectivity index (χ3n) is 3.94. The van der Waals surface area contributed by atoms with Gasteiger partial charge in [-0.15, -0.1) is 0 Å². The molecule has 0 spiro atoms. The van der Waals surface area contributed by atoms with E-state index in [0.29, 0.717) is 11.1 Å². The van der Waals surface area contributed by atoms with E-state index in [1.165, 1.54) is 0 Å². The second kappa shape index (κ2) is 3.91. The number of carboxylic acids is 1. The summed E-state index contributed by atoms with van der Waals surface area (Å²) in [4.78, 5) is 35.0. The van der Waals surface area contributed by atoms with Crippen molar-refractivity contribution < 1.29 is 24.2 Å². The monoisotopic (exact) mass is 260 g/mol. The first kappa shape index (κ1) is 11.9. The zero-order valence-electron chi connectivity index (χ0n) is 10.1. The molecule has 0 amide bonds. The number of aliphatic carboxylic acids is 1. The van der Waals surface area contributed by atoms with E-state index in [-0.39, 0.29) is 25.0 Å². The first-order chi connectivity index (χ1) is 9.04. The van der Waals surface area contributed by atoms with Gasteiger partial charge in [0.2, 0.25) is 5.78 Å². The fraction of sp³-hybridized carbons (Fsp3) is 0.357. The van der Waals surface area contributed by atoms with E-state index in [4.69, 9.17) is 9.84 Å². The molecule has 1 aromatic rings. The summed E-state index contributed by atoms with van der Waals surface area (Å²) >= 11 is 0. The van der Waals surface area contributed by atoms with Gasteiger partial charge < -0.3 is 9.84 Å². The van der Waals surface area contributed by atoms with Crippen LogP contribution in [0.3, 0.4) is 0 Å². The SMILES string of the molecule is O=C(O)CCC12CC(OC1=O)C(=O)c1ccccc12. The average Bonchev–Trinajstić information content (AvgIpc) is 2.70. The normalized spacial score (nSPS) is 27.9. The molecule has 2 unspecified atom stereocenters. The topological polar surface area (TPSA) is 80.7 Å². The number of hydrogen-bond donors (Lipinski definition) is 1. The van der Waals surface area contributed by atoms with E-state index in [1.807, 2.05) is 0 Å². The number of esters is 1. The van der Waals surface area contributed by atoms with Crippen molar-refractivity contribution in [2.45, 2.75) is 30.8 Å². The van der Waals surface area contributed by atoms with Gasteiger partial charge in [0.15, 0.2) is 6.10 Å². The molecule has 2 aliphatic rings. The second-order valence-corrected chi connectivity index (χ2v) is 4.98. The lowest BCUT2D eigenvalue weighted by Gasteiger charge is -2.29.